The molecule has 0 aliphatic heterocycles. The first kappa shape index (κ1) is 18.5. The molecule has 0 saturated heterocycles. The van der Waals surface area contributed by atoms with Crippen LogP contribution in [0.15, 0.2) is 42.5 Å². The molecular formula is C20H23NO4. The van der Waals surface area contributed by atoms with Gasteiger partial charge in [0, 0.05) is 5.69 Å². The fourth-order valence-corrected chi connectivity index (χ4v) is 2.54. The summed E-state index contributed by atoms with van der Waals surface area (Å²) in [7, 11) is 1.52. The van der Waals surface area contributed by atoms with E-state index in [1.807, 2.05) is 32.0 Å². The summed E-state index contributed by atoms with van der Waals surface area (Å²) in [4.78, 5) is 24.3. The molecule has 0 aliphatic rings. The van der Waals surface area contributed by atoms with Gasteiger partial charge in [-0.3, -0.25) is 4.79 Å². The molecule has 2 rings (SSSR count). The Hall–Kier alpha value is -2.82. The van der Waals surface area contributed by atoms with Gasteiger partial charge in [0.05, 0.1) is 12.7 Å². The van der Waals surface area contributed by atoms with Crippen LogP contribution in [0.1, 0.15) is 35.3 Å². The number of rotatable bonds is 7. The first-order valence-corrected chi connectivity index (χ1v) is 8.30. The highest BCUT2D eigenvalue weighted by atomic mass is 16.5. The average Bonchev–Trinajstić information content (AvgIpc) is 2.66. The van der Waals surface area contributed by atoms with Crippen LogP contribution in [0.4, 0.5) is 5.69 Å². The predicted molar refractivity (Wildman–Crippen MR) is 97.1 cm³/mol. The van der Waals surface area contributed by atoms with Crippen molar-refractivity contribution in [3.63, 3.8) is 0 Å². The van der Waals surface area contributed by atoms with Crippen LogP contribution < -0.4 is 10.1 Å². The molecule has 0 aromatic heterocycles. The van der Waals surface area contributed by atoms with Crippen LogP contribution in [0.25, 0.3) is 0 Å². The van der Waals surface area contributed by atoms with E-state index in [9.17, 15) is 9.59 Å². The van der Waals surface area contributed by atoms with E-state index in [0.717, 1.165) is 29.7 Å². The van der Waals surface area contributed by atoms with E-state index in [0.29, 0.717) is 11.3 Å². The minimum atomic E-state index is -0.562. The van der Waals surface area contributed by atoms with Crippen LogP contribution >= 0.6 is 0 Å². The molecule has 132 valence electrons. The highest BCUT2D eigenvalue weighted by Crippen LogP contribution is 2.22. The van der Waals surface area contributed by atoms with Crippen molar-refractivity contribution in [3.8, 4) is 5.75 Å². The van der Waals surface area contributed by atoms with E-state index in [2.05, 4.69) is 5.32 Å². The van der Waals surface area contributed by atoms with E-state index in [1.165, 1.54) is 7.11 Å². The minimum Gasteiger partial charge on any atom is -0.497 e. The van der Waals surface area contributed by atoms with Crippen molar-refractivity contribution in [3.05, 3.63) is 59.2 Å². The van der Waals surface area contributed by atoms with Crippen molar-refractivity contribution >= 4 is 17.6 Å². The zero-order chi connectivity index (χ0) is 18.2. The Bertz CT molecular complexity index is 733. The second-order valence-electron chi connectivity index (χ2n) is 5.51. The summed E-state index contributed by atoms with van der Waals surface area (Å²) in [5, 5.41) is 2.87. The molecule has 5 nitrogen and oxygen atoms in total. The fraction of sp³-hybridized carbons (Fsp3) is 0.300. The maximum Gasteiger partial charge on any atom is 0.338 e. The summed E-state index contributed by atoms with van der Waals surface area (Å²) in [6.45, 7) is 3.73. The molecule has 1 N–H and O–H groups in total. The number of hydrogen-bond acceptors (Lipinski definition) is 4. The average molecular weight is 341 g/mol. The zero-order valence-electron chi connectivity index (χ0n) is 14.8. The number of para-hydroxylation sites is 1. The summed E-state index contributed by atoms with van der Waals surface area (Å²) in [5.74, 6) is -0.358. The van der Waals surface area contributed by atoms with Gasteiger partial charge < -0.3 is 14.8 Å². The van der Waals surface area contributed by atoms with Crippen molar-refractivity contribution in [2.45, 2.75) is 26.7 Å². The first-order chi connectivity index (χ1) is 12.1. The Balaban J connectivity index is 2.00. The molecule has 1 amide bonds. The fourth-order valence-electron chi connectivity index (χ4n) is 2.54. The maximum atomic E-state index is 12.2. The second-order valence-corrected chi connectivity index (χ2v) is 5.51. The number of esters is 1. The lowest BCUT2D eigenvalue weighted by atomic mass is 10.0. The van der Waals surface area contributed by atoms with Gasteiger partial charge in [-0.15, -0.1) is 0 Å². The van der Waals surface area contributed by atoms with Crippen LogP contribution in [0.2, 0.25) is 0 Å². The number of carbonyl (C=O) groups excluding carboxylic acids is 2. The van der Waals surface area contributed by atoms with Crippen molar-refractivity contribution < 1.29 is 19.1 Å². The maximum absolute atomic E-state index is 12.2. The molecule has 5 heteroatoms. The highest BCUT2D eigenvalue weighted by Gasteiger charge is 2.13. The van der Waals surface area contributed by atoms with Crippen LogP contribution in [-0.4, -0.2) is 25.6 Å². The van der Waals surface area contributed by atoms with Gasteiger partial charge in [0.15, 0.2) is 6.61 Å². The number of hydrogen-bond donors (Lipinski definition) is 1. The van der Waals surface area contributed by atoms with E-state index in [1.54, 1.807) is 24.3 Å². The Labute approximate surface area is 148 Å². The standard InChI is InChI=1S/C20H23NO4/c1-4-14-8-6-9-15(5-2)19(14)21-18(22)13-25-20(23)16-10-7-11-17(12-16)24-3/h6-12H,4-5,13H2,1-3H3,(H,21,22). The number of carbonyl (C=O) groups is 2. The van der Waals surface area contributed by atoms with E-state index in [-0.39, 0.29) is 12.5 Å². The molecule has 0 saturated carbocycles. The highest BCUT2D eigenvalue weighted by molar-refractivity contribution is 5.96. The first-order valence-electron chi connectivity index (χ1n) is 8.30. The van der Waals surface area contributed by atoms with Crippen LogP contribution in [0, 0.1) is 0 Å². The molecular weight excluding hydrogens is 318 g/mol. The van der Waals surface area contributed by atoms with Crippen molar-refractivity contribution in [1.82, 2.24) is 0 Å². The normalized spacial score (nSPS) is 10.2. The number of aryl methyl sites for hydroxylation is 2. The van der Waals surface area contributed by atoms with Gasteiger partial charge in [-0.25, -0.2) is 4.79 Å². The van der Waals surface area contributed by atoms with E-state index >= 15 is 0 Å². The summed E-state index contributed by atoms with van der Waals surface area (Å²) >= 11 is 0. The number of methoxy groups -OCH3 is 1. The lowest BCUT2D eigenvalue weighted by molar-refractivity contribution is -0.119. The van der Waals surface area contributed by atoms with Gasteiger partial charge in [-0.1, -0.05) is 38.1 Å². The van der Waals surface area contributed by atoms with Gasteiger partial charge in [-0.05, 0) is 42.2 Å². The summed E-state index contributed by atoms with van der Waals surface area (Å²) < 4.78 is 10.2. The van der Waals surface area contributed by atoms with Gasteiger partial charge >= 0.3 is 5.97 Å². The van der Waals surface area contributed by atoms with Gasteiger partial charge in [0.2, 0.25) is 0 Å². The molecule has 0 atom stereocenters. The molecule has 0 heterocycles. The van der Waals surface area contributed by atoms with E-state index < -0.39 is 5.97 Å². The number of amides is 1. The smallest absolute Gasteiger partial charge is 0.338 e. The molecule has 0 radical (unpaired) electrons. The third-order valence-corrected chi connectivity index (χ3v) is 3.90. The number of ether oxygens (including phenoxy) is 2. The van der Waals surface area contributed by atoms with Gasteiger partial charge in [0.25, 0.3) is 5.91 Å². The van der Waals surface area contributed by atoms with Gasteiger partial charge in [0.1, 0.15) is 5.75 Å². The Kier molecular flexibility index (Phi) is 6.57. The monoisotopic (exact) mass is 341 g/mol. The lowest BCUT2D eigenvalue weighted by Gasteiger charge is -2.14. The third kappa shape index (κ3) is 4.83. The van der Waals surface area contributed by atoms with Crippen molar-refractivity contribution in [2.75, 3.05) is 19.0 Å². The molecule has 0 spiro atoms. The van der Waals surface area contributed by atoms with Gasteiger partial charge in [-0.2, -0.15) is 0 Å². The largest absolute Gasteiger partial charge is 0.497 e. The number of nitrogens with one attached hydrogen (secondary N) is 1. The molecule has 25 heavy (non-hydrogen) atoms. The second kappa shape index (κ2) is 8.87. The Morgan fingerprint density at radius 3 is 2.24 bits per heavy atom. The van der Waals surface area contributed by atoms with Crippen molar-refractivity contribution in [2.24, 2.45) is 0 Å². The predicted octanol–water partition coefficient (Wildman–Crippen LogP) is 3.62. The topological polar surface area (TPSA) is 64.6 Å². The summed E-state index contributed by atoms with van der Waals surface area (Å²) in [6, 6.07) is 12.6. The third-order valence-electron chi connectivity index (χ3n) is 3.90. The Morgan fingerprint density at radius 2 is 1.64 bits per heavy atom. The zero-order valence-corrected chi connectivity index (χ0v) is 14.8. The Morgan fingerprint density at radius 1 is 1.00 bits per heavy atom. The molecule has 2 aromatic rings. The van der Waals surface area contributed by atoms with Crippen LogP contribution in [0.5, 0.6) is 5.75 Å². The molecule has 2 aromatic carbocycles. The molecule has 0 unspecified atom stereocenters. The quantitative estimate of drug-likeness (QED) is 0.781. The molecule has 0 aliphatic carbocycles. The summed E-state index contributed by atoms with van der Waals surface area (Å²) in [6.07, 6.45) is 1.63. The minimum absolute atomic E-state index is 0.336. The van der Waals surface area contributed by atoms with E-state index in [4.69, 9.17) is 9.47 Å². The number of anilines is 1. The van der Waals surface area contributed by atoms with Crippen LogP contribution in [-0.2, 0) is 22.4 Å². The molecule has 0 bridgehead atoms. The summed E-state index contributed by atoms with van der Waals surface area (Å²) in [5.41, 5.74) is 3.28. The van der Waals surface area contributed by atoms with Crippen LogP contribution in [0.3, 0.4) is 0 Å². The molecule has 0 fully saturated rings. The SMILES string of the molecule is CCc1cccc(CC)c1NC(=O)COC(=O)c1cccc(OC)c1. The number of benzene rings is 2. The lowest BCUT2D eigenvalue weighted by Crippen LogP contribution is -2.22. The van der Waals surface area contributed by atoms with Crippen molar-refractivity contribution in [1.29, 1.82) is 0 Å².